The van der Waals surface area contributed by atoms with Crippen molar-refractivity contribution >= 4 is 23.4 Å². The van der Waals surface area contributed by atoms with Crippen molar-refractivity contribution in [3.05, 3.63) is 64.2 Å². The molecule has 1 saturated heterocycles. The number of nitrogens with two attached hydrogens (primary N) is 1. The van der Waals surface area contributed by atoms with E-state index in [1.165, 1.54) is 16.8 Å². The lowest BCUT2D eigenvalue weighted by atomic mass is 9.96. The number of nitrogens with one attached hydrogen (secondary N) is 1. The molecule has 7 nitrogen and oxygen atoms in total. The van der Waals surface area contributed by atoms with Gasteiger partial charge in [0.15, 0.2) is 0 Å². The highest BCUT2D eigenvalue weighted by Crippen LogP contribution is 2.33. The van der Waals surface area contributed by atoms with Crippen molar-refractivity contribution in [3.8, 4) is 0 Å². The Kier molecular flexibility index (Phi) is 5.43. The minimum absolute atomic E-state index is 0.111. The van der Waals surface area contributed by atoms with Gasteiger partial charge in [0, 0.05) is 37.3 Å². The number of piperidine rings is 1. The standard InChI is InChI=1S/C25H28N4O3/c26-11-10-16-6-7-20-17(13-16)5-2-12-28(20)14-18-3-1-4-19-15-29(25(32)23(18)19)21-8-9-22(30)27-24(21)31/h1,3-4,6-7,13,21H,2,5,8-12,14-15,26H2,(H,27,30,31). The van der Waals surface area contributed by atoms with Crippen molar-refractivity contribution in [2.75, 3.05) is 18.0 Å². The van der Waals surface area contributed by atoms with Crippen LogP contribution < -0.4 is 16.0 Å². The van der Waals surface area contributed by atoms with E-state index < -0.39 is 6.04 Å². The largest absolute Gasteiger partial charge is 0.367 e. The number of anilines is 1. The van der Waals surface area contributed by atoms with Gasteiger partial charge in [-0.15, -0.1) is 0 Å². The first kappa shape index (κ1) is 20.7. The number of nitrogens with zero attached hydrogens (tertiary/aromatic N) is 2. The number of hydrogen-bond acceptors (Lipinski definition) is 5. The molecule has 0 bridgehead atoms. The summed E-state index contributed by atoms with van der Waals surface area (Å²) in [5.41, 5.74) is 12.2. The van der Waals surface area contributed by atoms with Gasteiger partial charge in [0.1, 0.15) is 6.04 Å². The van der Waals surface area contributed by atoms with E-state index >= 15 is 0 Å². The topological polar surface area (TPSA) is 95.7 Å². The van der Waals surface area contributed by atoms with E-state index in [1.807, 2.05) is 18.2 Å². The fourth-order valence-electron chi connectivity index (χ4n) is 5.24. The van der Waals surface area contributed by atoms with Crippen molar-refractivity contribution in [2.24, 2.45) is 5.73 Å². The Balaban J connectivity index is 1.40. The molecule has 2 aromatic rings. The lowest BCUT2D eigenvalue weighted by Gasteiger charge is -2.32. The summed E-state index contributed by atoms with van der Waals surface area (Å²) in [5.74, 6) is -0.752. The molecule has 0 spiro atoms. The number of carbonyl (C=O) groups excluding carboxylic acids is 3. The fourth-order valence-corrected chi connectivity index (χ4v) is 5.24. The van der Waals surface area contributed by atoms with E-state index in [1.54, 1.807) is 4.90 Å². The van der Waals surface area contributed by atoms with Gasteiger partial charge >= 0.3 is 0 Å². The van der Waals surface area contributed by atoms with Gasteiger partial charge in [0.05, 0.1) is 0 Å². The second-order valence-electron chi connectivity index (χ2n) is 8.88. The summed E-state index contributed by atoms with van der Waals surface area (Å²) in [6.07, 6.45) is 3.65. The molecule has 3 heterocycles. The molecule has 1 unspecified atom stereocenters. The maximum Gasteiger partial charge on any atom is 0.255 e. The molecule has 166 valence electrons. The van der Waals surface area contributed by atoms with Crippen molar-refractivity contribution in [2.45, 2.75) is 51.2 Å². The number of imide groups is 1. The zero-order valence-corrected chi connectivity index (χ0v) is 18.1. The number of fused-ring (bicyclic) bond motifs is 2. The molecule has 3 aliphatic rings. The van der Waals surface area contributed by atoms with Gasteiger partial charge in [-0.25, -0.2) is 0 Å². The highest BCUT2D eigenvalue weighted by molar-refractivity contribution is 6.06. The Labute approximate surface area is 187 Å². The third-order valence-corrected chi connectivity index (χ3v) is 6.79. The first-order valence-electron chi connectivity index (χ1n) is 11.4. The van der Waals surface area contributed by atoms with Crippen LogP contribution in [0.25, 0.3) is 0 Å². The molecule has 0 radical (unpaired) electrons. The van der Waals surface area contributed by atoms with Crippen LogP contribution in [0.15, 0.2) is 36.4 Å². The third kappa shape index (κ3) is 3.66. The molecule has 0 aliphatic carbocycles. The quantitative estimate of drug-likeness (QED) is 0.704. The van der Waals surface area contributed by atoms with Crippen LogP contribution in [0.5, 0.6) is 0 Å². The van der Waals surface area contributed by atoms with Crippen molar-refractivity contribution in [1.29, 1.82) is 0 Å². The van der Waals surface area contributed by atoms with E-state index in [4.69, 9.17) is 5.73 Å². The molecule has 1 fully saturated rings. The minimum Gasteiger partial charge on any atom is -0.367 e. The molecule has 2 aromatic carbocycles. The van der Waals surface area contributed by atoms with Gasteiger partial charge < -0.3 is 15.5 Å². The Morgan fingerprint density at radius 2 is 1.94 bits per heavy atom. The zero-order valence-electron chi connectivity index (χ0n) is 18.1. The number of amides is 3. The zero-order chi connectivity index (χ0) is 22.2. The van der Waals surface area contributed by atoms with Crippen LogP contribution in [0.3, 0.4) is 0 Å². The molecular weight excluding hydrogens is 404 g/mol. The number of rotatable bonds is 5. The Morgan fingerprint density at radius 3 is 2.75 bits per heavy atom. The van der Waals surface area contributed by atoms with Crippen LogP contribution in [0.4, 0.5) is 5.69 Å². The second-order valence-corrected chi connectivity index (χ2v) is 8.88. The van der Waals surface area contributed by atoms with E-state index in [2.05, 4.69) is 28.4 Å². The van der Waals surface area contributed by atoms with Crippen LogP contribution in [0.2, 0.25) is 0 Å². The van der Waals surface area contributed by atoms with E-state index in [9.17, 15) is 14.4 Å². The summed E-state index contributed by atoms with van der Waals surface area (Å²) >= 11 is 0. The molecule has 3 amide bonds. The van der Waals surface area contributed by atoms with Crippen LogP contribution in [-0.4, -0.2) is 41.8 Å². The van der Waals surface area contributed by atoms with Gasteiger partial charge in [0.25, 0.3) is 5.91 Å². The first-order chi connectivity index (χ1) is 15.5. The minimum atomic E-state index is -0.586. The summed E-state index contributed by atoms with van der Waals surface area (Å²) < 4.78 is 0. The Morgan fingerprint density at radius 1 is 1.06 bits per heavy atom. The van der Waals surface area contributed by atoms with E-state index in [0.29, 0.717) is 31.6 Å². The van der Waals surface area contributed by atoms with Gasteiger partial charge in [-0.05, 0) is 60.5 Å². The second kappa shape index (κ2) is 8.39. The molecule has 0 saturated carbocycles. The van der Waals surface area contributed by atoms with Crippen molar-refractivity contribution < 1.29 is 14.4 Å². The summed E-state index contributed by atoms with van der Waals surface area (Å²) in [6.45, 7) is 2.65. The molecular formula is C25H28N4O3. The maximum absolute atomic E-state index is 13.4. The third-order valence-electron chi connectivity index (χ3n) is 6.79. The highest BCUT2D eigenvalue weighted by Gasteiger charge is 2.40. The molecule has 5 rings (SSSR count). The summed E-state index contributed by atoms with van der Waals surface area (Å²) in [6, 6.07) is 12.0. The molecule has 7 heteroatoms. The van der Waals surface area contributed by atoms with Crippen LogP contribution in [-0.2, 0) is 35.5 Å². The number of benzene rings is 2. The van der Waals surface area contributed by atoms with Gasteiger partial charge in [-0.3, -0.25) is 19.7 Å². The maximum atomic E-state index is 13.4. The summed E-state index contributed by atoms with van der Waals surface area (Å²) in [4.78, 5) is 41.2. The summed E-state index contributed by atoms with van der Waals surface area (Å²) in [7, 11) is 0. The molecule has 0 aromatic heterocycles. The Hall–Kier alpha value is -3.19. The van der Waals surface area contributed by atoms with Gasteiger partial charge in [-0.1, -0.05) is 30.3 Å². The predicted molar refractivity (Wildman–Crippen MR) is 121 cm³/mol. The molecule has 3 N–H and O–H groups in total. The normalized spacial score (nSPS) is 20.3. The summed E-state index contributed by atoms with van der Waals surface area (Å²) in [5, 5.41) is 2.37. The van der Waals surface area contributed by atoms with Gasteiger partial charge in [-0.2, -0.15) is 0 Å². The van der Waals surface area contributed by atoms with Crippen molar-refractivity contribution in [3.63, 3.8) is 0 Å². The van der Waals surface area contributed by atoms with Gasteiger partial charge in [0.2, 0.25) is 11.8 Å². The van der Waals surface area contributed by atoms with E-state index in [0.717, 1.165) is 36.9 Å². The fraction of sp³-hybridized carbons (Fsp3) is 0.400. The number of aryl methyl sites for hydroxylation is 1. The van der Waals surface area contributed by atoms with Crippen LogP contribution >= 0.6 is 0 Å². The van der Waals surface area contributed by atoms with Crippen LogP contribution in [0, 0.1) is 0 Å². The smallest absolute Gasteiger partial charge is 0.255 e. The van der Waals surface area contributed by atoms with E-state index in [-0.39, 0.29) is 24.1 Å². The average Bonchev–Trinajstić information content (AvgIpc) is 3.11. The highest BCUT2D eigenvalue weighted by atomic mass is 16.2. The first-order valence-corrected chi connectivity index (χ1v) is 11.4. The monoisotopic (exact) mass is 432 g/mol. The molecule has 1 atom stereocenters. The molecule has 3 aliphatic heterocycles. The van der Waals surface area contributed by atoms with Crippen molar-refractivity contribution in [1.82, 2.24) is 10.2 Å². The number of carbonyl (C=O) groups is 3. The SMILES string of the molecule is NCCc1ccc2c(c1)CCCN2Cc1cccc2c1C(=O)N(C1CCC(=O)NC1=O)C2. The van der Waals surface area contributed by atoms with Crippen LogP contribution in [0.1, 0.15) is 51.9 Å². The predicted octanol–water partition coefficient (Wildman–Crippen LogP) is 1.90. The lowest BCUT2D eigenvalue weighted by Crippen LogP contribution is -2.52. The average molecular weight is 433 g/mol. The Bertz CT molecular complexity index is 1100. The molecule has 32 heavy (non-hydrogen) atoms. The number of hydrogen-bond donors (Lipinski definition) is 2. The lowest BCUT2D eigenvalue weighted by molar-refractivity contribution is -0.136.